The zero-order chi connectivity index (χ0) is 15.8. The summed E-state index contributed by atoms with van der Waals surface area (Å²) in [4.78, 5) is 17.4. The van der Waals surface area contributed by atoms with E-state index < -0.39 is 0 Å². The normalized spacial score (nSPS) is 11.0. The number of aryl methyl sites for hydroxylation is 1. The zero-order valence-corrected chi connectivity index (χ0v) is 12.6. The fourth-order valence-corrected chi connectivity index (χ4v) is 2.72. The van der Waals surface area contributed by atoms with Crippen molar-refractivity contribution in [3.8, 4) is 17.0 Å². The number of fused-ring (bicyclic) bond motifs is 1. The second kappa shape index (κ2) is 5.25. The van der Waals surface area contributed by atoms with Crippen molar-refractivity contribution >= 4 is 11.1 Å². The van der Waals surface area contributed by atoms with E-state index in [-0.39, 0.29) is 11.1 Å². The van der Waals surface area contributed by atoms with E-state index in [1.807, 2.05) is 73.7 Å². The van der Waals surface area contributed by atoms with E-state index in [1.165, 1.54) is 0 Å². The molecule has 0 fully saturated rings. The molecule has 0 bridgehead atoms. The van der Waals surface area contributed by atoms with Gasteiger partial charge in [-0.2, -0.15) is 0 Å². The first-order valence-electron chi connectivity index (χ1n) is 7.38. The van der Waals surface area contributed by atoms with Gasteiger partial charge in [0.2, 0.25) is 5.58 Å². The molecule has 0 saturated heterocycles. The van der Waals surface area contributed by atoms with Crippen LogP contribution in [0.2, 0.25) is 0 Å². The lowest BCUT2D eigenvalue weighted by Gasteiger charge is -2.08. The highest BCUT2D eigenvalue weighted by molar-refractivity contribution is 5.78. The van der Waals surface area contributed by atoms with Crippen molar-refractivity contribution in [3.63, 3.8) is 0 Å². The summed E-state index contributed by atoms with van der Waals surface area (Å²) in [6, 6.07) is 21.0. The third-order valence-electron chi connectivity index (χ3n) is 3.79. The molecule has 2 aromatic heterocycles. The van der Waals surface area contributed by atoms with Crippen molar-refractivity contribution in [2.75, 3.05) is 0 Å². The summed E-state index contributed by atoms with van der Waals surface area (Å²) in [7, 11) is 0. The lowest BCUT2D eigenvalue weighted by atomic mass is 10.2. The van der Waals surface area contributed by atoms with Crippen molar-refractivity contribution in [1.29, 1.82) is 0 Å². The van der Waals surface area contributed by atoms with Crippen LogP contribution in [-0.2, 0) is 0 Å². The second-order valence-electron chi connectivity index (χ2n) is 5.33. The molecule has 4 heteroatoms. The Morgan fingerprint density at radius 2 is 1.61 bits per heavy atom. The van der Waals surface area contributed by atoms with E-state index in [9.17, 15) is 4.79 Å². The number of hydrogen-bond donors (Lipinski definition) is 0. The van der Waals surface area contributed by atoms with Gasteiger partial charge in [-0.3, -0.25) is 9.36 Å². The predicted octanol–water partition coefficient (Wildman–Crippen LogP) is 3.95. The van der Waals surface area contributed by atoms with E-state index in [2.05, 4.69) is 4.98 Å². The third-order valence-corrected chi connectivity index (χ3v) is 3.79. The molecular weight excluding hydrogens is 288 g/mol. The van der Waals surface area contributed by atoms with Crippen molar-refractivity contribution in [2.24, 2.45) is 0 Å². The van der Waals surface area contributed by atoms with Crippen LogP contribution in [0.3, 0.4) is 0 Å². The smallest absolute Gasteiger partial charge is 0.301 e. The van der Waals surface area contributed by atoms with Crippen LogP contribution in [0.4, 0.5) is 0 Å². The molecular formula is C19H14N2O2. The minimum absolute atomic E-state index is 0.194. The molecule has 4 aromatic rings. The molecule has 2 heterocycles. The van der Waals surface area contributed by atoms with Gasteiger partial charge in [-0.1, -0.05) is 48.5 Å². The highest BCUT2D eigenvalue weighted by Crippen LogP contribution is 2.25. The maximum absolute atomic E-state index is 12.8. The lowest BCUT2D eigenvalue weighted by Crippen LogP contribution is -2.21. The number of rotatable bonds is 2. The first-order chi connectivity index (χ1) is 11.2. The molecule has 0 unspecified atom stereocenters. The molecule has 0 N–H and O–H groups in total. The first kappa shape index (κ1) is 13.5. The molecule has 112 valence electrons. The van der Waals surface area contributed by atoms with Crippen LogP contribution in [0.25, 0.3) is 28.1 Å². The van der Waals surface area contributed by atoms with Gasteiger partial charge < -0.3 is 4.42 Å². The molecule has 0 saturated carbocycles. The van der Waals surface area contributed by atoms with Gasteiger partial charge in [0, 0.05) is 11.6 Å². The van der Waals surface area contributed by atoms with Gasteiger partial charge in [0.15, 0.2) is 0 Å². The number of para-hydroxylation sites is 1. The summed E-state index contributed by atoms with van der Waals surface area (Å²) in [6.07, 6.45) is 0. The number of aromatic nitrogens is 2. The predicted molar refractivity (Wildman–Crippen MR) is 89.8 cm³/mol. The average Bonchev–Trinajstić information content (AvgIpc) is 3.01. The van der Waals surface area contributed by atoms with E-state index >= 15 is 0 Å². The quantitative estimate of drug-likeness (QED) is 0.563. The number of nitrogens with zero attached hydrogens (tertiary/aromatic N) is 2. The Morgan fingerprint density at radius 1 is 0.957 bits per heavy atom. The number of hydrogen-bond acceptors (Lipinski definition) is 3. The summed E-state index contributed by atoms with van der Waals surface area (Å²) in [5.41, 5.74) is 2.37. The first-order valence-corrected chi connectivity index (χ1v) is 7.38. The Kier molecular flexibility index (Phi) is 3.08. The molecule has 0 aliphatic rings. The van der Waals surface area contributed by atoms with E-state index in [1.54, 1.807) is 4.57 Å². The fraction of sp³-hybridized carbons (Fsp3) is 0.0526. The SMILES string of the molecule is Cc1nc2cc(-c3ccccc3)oc2c(=O)n1-c1ccccc1. The van der Waals surface area contributed by atoms with Crippen molar-refractivity contribution in [2.45, 2.75) is 6.92 Å². The molecule has 0 aliphatic heterocycles. The van der Waals surface area contributed by atoms with E-state index in [0.717, 1.165) is 11.3 Å². The Hall–Kier alpha value is -3.14. The largest absolute Gasteiger partial charge is 0.449 e. The molecule has 4 nitrogen and oxygen atoms in total. The van der Waals surface area contributed by atoms with Crippen molar-refractivity contribution in [3.05, 3.63) is 82.9 Å². The number of furan rings is 1. The van der Waals surface area contributed by atoms with Crippen LogP contribution < -0.4 is 5.56 Å². The molecule has 0 atom stereocenters. The maximum atomic E-state index is 12.8. The monoisotopic (exact) mass is 302 g/mol. The Morgan fingerprint density at radius 3 is 2.30 bits per heavy atom. The highest BCUT2D eigenvalue weighted by Gasteiger charge is 2.15. The van der Waals surface area contributed by atoms with Crippen LogP contribution in [0.15, 0.2) is 75.9 Å². The van der Waals surface area contributed by atoms with E-state index in [0.29, 0.717) is 17.1 Å². The lowest BCUT2D eigenvalue weighted by molar-refractivity contribution is 0.620. The molecule has 23 heavy (non-hydrogen) atoms. The molecule has 0 radical (unpaired) electrons. The standard InChI is InChI=1S/C19H14N2O2/c1-13-20-16-12-17(14-8-4-2-5-9-14)23-18(16)19(22)21(13)15-10-6-3-7-11-15/h2-12H,1H3. The van der Waals surface area contributed by atoms with Crippen LogP contribution in [0.5, 0.6) is 0 Å². The van der Waals surface area contributed by atoms with E-state index in [4.69, 9.17) is 4.42 Å². The summed E-state index contributed by atoms with van der Waals surface area (Å²) >= 11 is 0. The number of benzene rings is 2. The molecule has 0 aliphatic carbocycles. The van der Waals surface area contributed by atoms with Gasteiger partial charge in [0.25, 0.3) is 0 Å². The molecule has 0 amide bonds. The van der Waals surface area contributed by atoms with Crippen molar-refractivity contribution in [1.82, 2.24) is 9.55 Å². The minimum Gasteiger partial charge on any atom is -0.449 e. The Bertz CT molecular complexity index is 1030. The molecule has 0 spiro atoms. The topological polar surface area (TPSA) is 48.0 Å². The maximum Gasteiger partial charge on any atom is 0.301 e. The van der Waals surface area contributed by atoms with Gasteiger partial charge in [0.05, 0.1) is 5.69 Å². The third kappa shape index (κ3) is 2.25. The van der Waals surface area contributed by atoms with Crippen LogP contribution in [0, 0.1) is 6.92 Å². The van der Waals surface area contributed by atoms with Gasteiger partial charge in [-0.05, 0) is 19.1 Å². The fourth-order valence-electron chi connectivity index (χ4n) is 2.72. The summed E-state index contributed by atoms with van der Waals surface area (Å²) < 4.78 is 7.38. The minimum atomic E-state index is -0.194. The van der Waals surface area contributed by atoms with Gasteiger partial charge >= 0.3 is 5.56 Å². The second-order valence-corrected chi connectivity index (χ2v) is 5.33. The summed E-state index contributed by atoms with van der Waals surface area (Å²) in [6.45, 7) is 1.82. The zero-order valence-electron chi connectivity index (χ0n) is 12.6. The highest BCUT2D eigenvalue weighted by atomic mass is 16.3. The van der Waals surface area contributed by atoms with Crippen LogP contribution in [-0.4, -0.2) is 9.55 Å². The average molecular weight is 302 g/mol. The van der Waals surface area contributed by atoms with Gasteiger partial charge in [-0.25, -0.2) is 4.98 Å². The van der Waals surface area contributed by atoms with Gasteiger partial charge in [-0.15, -0.1) is 0 Å². The Labute approximate surface area is 132 Å². The van der Waals surface area contributed by atoms with Gasteiger partial charge in [0.1, 0.15) is 17.1 Å². The molecule has 2 aromatic carbocycles. The Balaban J connectivity index is 1.97. The summed E-state index contributed by atoms with van der Waals surface area (Å²) in [5, 5.41) is 0. The van der Waals surface area contributed by atoms with Crippen LogP contribution >= 0.6 is 0 Å². The molecule has 4 rings (SSSR count). The van der Waals surface area contributed by atoms with Crippen LogP contribution in [0.1, 0.15) is 5.82 Å². The summed E-state index contributed by atoms with van der Waals surface area (Å²) in [5.74, 6) is 1.28. The van der Waals surface area contributed by atoms with Crippen molar-refractivity contribution < 1.29 is 4.42 Å².